The number of fused-ring (bicyclic) bond motifs is 1. The van der Waals surface area contributed by atoms with E-state index in [1.165, 1.54) is 25.7 Å². The van der Waals surface area contributed by atoms with Crippen molar-refractivity contribution < 1.29 is 0 Å². The summed E-state index contributed by atoms with van der Waals surface area (Å²) in [5.74, 6) is 1.03. The molecular formula is C16H20ClN3. The molecule has 2 heterocycles. The number of nitrogens with one attached hydrogen (secondary N) is 1. The van der Waals surface area contributed by atoms with Gasteiger partial charge in [-0.2, -0.15) is 0 Å². The molecule has 0 unspecified atom stereocenters. The van der Waals surface area contributed by atoms with Crippen LogP contribution in [0.2, 0.25) is 5.02 Å². The van der Waals surface area contributed by atoms with Crippen molar-refractivity contribution in [3.63, 3.8) is 0 Å². The number of hydrogen-bond donors (Lipinski definition) is 1. The van der Waals surface area contributed by atoms with Gasteiger partial charge >= 0.3 is 0 Å². The largest absolute Gasteiger partial charge is 0.386 e. The third kappa shape index (κ3) is 2.42. The zero-order chi connectivity index (χ0) is 13.9. The van der Waals surface area contributed by atoms with Gasteiger partial charge in [-0.1, -0.05) is 36.6 Å². The van der Waals surface area contributed by atoms with Crippen LogP contribution in [0.5, 0.6) is 0 Å². The van der Waals surface area contributed by atoms with Crippen molar-refractivity contribution in [2.75, 3.05) is 30.4 Å². The summed E-state index contributed by atoms with van der Waals surface area (Å²) in [4.78, 5) is 7.07. The second kappa shape index (κ2) is 5.88. The molecule has 0 amide bonds. The number of hydrogen-bond acceptors (Lipinski definition) is 3. The molecule has 0 atom stereocenters. The Kier molecular flexibility index (Phi) is 3.97. The average Bonchev–Trinajstić information content (AvgIpc) is 2.75. The van der Waals surface area contributed by atoms with Gasteiger partial charge in [0.25, 0.3) is 0 Å². The lowest BCUT2D eigenvalue weighted by Gasteiger charge is -2.24. The molecule has 4 heteroatoms. The summed E-state index contributed by atoms with van der Waals surface area (Å²) in [5, 5.41) is 6.20. The maximum atomic E-state index is 6.46. The van der Waals surface area contributed by atoms with E-state index in [-0.39, 0.29) is 0 Å². The molecule has 106 valence electrons. The van der Waals surface area contributed by atoms with Gasteiger partial charge in [0.2, 0.25) is 0 Å². The fourth-order valence-corrected chi connectivity index (χ4v) is 3.22. The first-order valence-electron chi connectivity index (χ1n) is 7.31. The Labute approximate surface area is 124 Å². The highest BCUT2D eigenvalue weighted by Gasteiger charge is 2.17. The van der Waals surface area contributed by atoms with Crippen LogP contribution in [0.4, 0.5) is 11.5 Å². The molecule has 1 fully saturated rings. The molecule has 1 saturated heterocycles. The minimum Gasteiger partial charge on any atom is -0.386 e. The summed E-state index contributed by atoms with van der Waals surface area (Å²) in [6.45, 7) is 2.15. The molecule has 3 rings (SSSR count). The summed E-state index contributed by atoms with van der Waals surface area (Å²) in [6.07, 6.45) is 7.02. The van der Waals surface area contributed by atoms with Crippen molar-refractivity contribution in [3.05, 3.63) is 29.4 Å². The van der Waals surface area contributed by atoms with Crippen LogP contribution >= 0.6 is 11.6 Å². The molecule has 20 heavy (non-hydrogen) atoms. The molecule has 1 aromatic heterocycles. The van der Waals surface area contributed by atoms with Crippen LogP contribution in [-0.2, 0) is 0 Å². The van der Waals surface area contributed by atoms with Crippen LogP contribution in [0, 0.1) is 0 Å². The van der Waals surface area contributed by atoms with Crippen molar-refractivity contribution in [2.45, 2.75) is 25.7 Å². The predicted octanol–water partition coefficient (Wildman–Crippen LogP) is 4.31. The van der Waals surface area contributed by atoms with E-state index >= 15 is 0 Å². The number of benzene rings is 1. The monoisotopic (exact) mass is 289 g/mol. The van der Waals surface area contributed by atoms with Crippen molar-refractivity contribution in [2.24, 2.45) is 0 Å². The fourth-order valence-electron chi connectivity index (χ4n) is 2.96. The molecular weight excluding hydrogens is 270 g/mol. The first-order chi connectivity index (χ1) is 9.81. The number of anilines is 2. The van der Waals surface area contributed by atoms with Crippen molar-refractivity contribution in [1.82, 2.24) is 4.98 Å². The van der Waals surface area contributed by atoms with E-state index in [2.05, 4.69) is 21.3 Å². The van der Waals surface area contributed by atoms with Crippen LogP contribution in [0.15, 0.2) is 24.4 Å². The van der Waals surface area contributed by atoms with Gasteiger partial charge in [-0.15, -0.1) is 0 Å². The van der Waals surface area contributed by atoms with Crippen LogP contribution in [-0.4, -0.2) is 25.1 Å². The molecule has 1 N–H and O–H groups in total. The Bertz CT molecular complexity index is 604. The SMILES string of the molecule is CNc1cnc(N2CCCCCC2)c2c(Cl)cccc12. The van der Waals surface area contributed by atoms with Gasteiger partial charge in [-0.3, -0.25) is 0 Å². The molecule has 0 radical (unpaired) electrons. The Morgan fingerprint density at radius 1 is 1.15 bits per heavy atom. The lowest BCUT2D eigenvalue weighted by molar-refractivity contribution is 0.726. The van der Waals surface area contributed by atoms with Gasteiger partial charge in [-0.25, -0.2) is 4.98 Å². The number of nitrogens with zero attached hydrogens (tertiary/aromatic N) is 2. The average molecular weight is 290 g/mol. The molecule has 0 bridgehead atoms. The Balaban J connectivity index is 2.15. The lowest BCUT2D eigenvalue weighted by Crippen LogP contribution is -2.25. The molecule has 1 aromatic carbocycles. The van der Waals surface area contributed by atoms with E-state index in [9.17, 15) is 0 Å². The van der Waals surface area contributed by atoms with Gasteiger partial charge in [0.15, 0.2) is 0 Å². The Hall–Kier alpha value is -1.48. The molecule has 0 spiro atoms. The Morgan fingerprint density at radius 3 is 2.60 bits per heavy atom. The standard InChI is InChI=1S/C16H20ClN3/c1-18-14-11-19-16(20-9-4-2-3-5-10-20)15-12(14)7-6-8-13(15)17/h6-8,11,18H,2-5,9-10H2,1H3. The lowest BCUT2D eigenvalue weighted by atomic mass is 10.1. The molecule has 0 saturated carbocycles. The van der Waals surface area contributed by atoms with Crippen LogP contribution in [0.1, 0.15) is 25.7 Å². The summed E-state index contributed by atoms with van der Waals surface area (Å²) in [7, 11) is 1.92. The summed E-state index contributed by atoms with van der Waals surface area (Å²) >= 11 is 6.46. The van der Waals surface area contributed by atoms with E-state index in [0.717, 1.165) is 40.4 Å². The molecule has 1 aliphatic rings. The summed E-state index contributed by atoms with van der Waals surface area (Å²) < 4.78 is 0. The summed E-state index contributed by atoms with van der Waals surface area (Å²) in [5.41, 5.74) is 1.03. The maximum Gasteiger partial charge on any atom is 0.138 e. The van der Waals surface area contributed by atoms with Crippen LogP contribution in [0.25, 0.3) is 10.8 Å². The number of rotatable bonds is 2. The first kappa shape index (κ1) is 13.5. The molecule has 2 aromatic rings. The van der Waals surface area contributed by atoms with Gasteiger partial charge < -0.3 is 10.2 Å². The topological polar surface area (TPSA) is 28.2 Å². The van der Waals surface area contributed by atoms with E-state index in [4.69, 9.17) is 11.6 Å². The van der Waals surface area contributed by atoms with Gasteiger partial charge in [0.1, 0.15) is 5.82 Å². The second-order valence-electron chi connectivity index (χ2n) is 5.31. The van der Waals surface area contributed by atoms with Crippen molar-refractivity contribution in [1.29, 1.82) is 0 Å². The molecule has 3 nitrogen and oxygen atoms in total. The van der Waals surface area contributed by atoms with E-state index in [1.807, 2.05) is 25.4 Å². The van der Waals surface area contributed by atoms with Crippen molar-refractivity contribution >= 4 is 33.9 Å². The molecule has 0 aliphatic carbocycles. The highest BCUT2D eigenvalue weighted by atomic mass is 35.5. The van der Waals surface area contributed by atoms with Crippen LogP contribution in [0.3, 0.4) is 0 Å². The van der Waals surface area contributed by atoms with Gasteiger partial charge in [0.05, 0.1) is 16.9 Å². The number of halogens is 1. The van der Waals surface area contributed by atoms with E-state index < -0.39 is 0 Å². The normalized spacial score (nSPS) is 16.2. The zero-order valence-electron chi connectivity index (χ0n) is 11.8. The minimum atomic E-state index is 0.784. The smallest absolute Gasteiger partial charge is 0.138 e. The Morgan fingerprint density at radius 2 is 1.90 bits per heavy atom. The third-order valence-electron chi connectivity index (χ3n) is 4.02. The summed E-state index contributed by atoms with van der Waals surface area (Å²) in [6, 6.07) is 6.06. The quantitative estimate of drug-likeness (QED) is 0.893. The minimum absolute atomic E-state index is 0.784. The van der Waals surface area contributed by atoms with Gasteiger partial charge in [0, 0.05) is 30.9 Å². The highest BCUT2D eigenvalue weighted by Crippen LogP contribution is 2.35. The number of aromatic nitrogens is 1. The van der Waals surface area contributed by atoms with Gasteiger partial charge in [-0.05, 0) is 18.9 Å². The number of pyridine rings is 1. The highest BCUT2D eigenvalue weighted by molar-refractivity contribution is 6.37. The third-order valence-corrected chi connectivity index (χ3v) is 4.33. The second-order valence-corrected chi connectivity index (χ2v) is 5.72. The predicted molar refractivity (Wildman–Crippen MR) is 87.0 cm³/mol. The van der Waals surface area contributed by atoms with Crippen LogP contribution < -0.4 is 10.2 Å². The van der Waals surface area contributed by atoms with E-state index in [0.29, 0.717) is 0 Å². The maximum absolute atomic E-state index is 6.46. The molecule has 1 aliphatic heterocycles. The van der Waals surface area contributed by atoms with E-state index in [1.54, 1.807) is 0 Å². The zero-order valence-corrected chi connectivity index (χ0v) is 12.6. The fraction of sp³-hybridized carbons (Fsp3) is 0.438. The first-order valence-corrected chi connectivity index (χ1v) is 7.69. The van der Waals surface area contributed by atoms with Crippen molar-refractivity contribution in [3.8, 4) is 0 Å².